The van der Waals surface area contributed by atoms with E-state index in [0.717, 1.165) is 5.69 Å². The van der Waals surface area contributed by atoms with Gasteiger partial charge in [-0.15, -0.1) is 0 Å². The number of pyridine rings is 1. The minimum Gasteiger partial charge on any atom is -0.477 e. The first-order valence-corrected chi connectivity index (χ1v) is 6.34. The summed E-state index contributed by atoms with van der Waals surface area (Å²) in [4.78, 5) is 25.6. The van der Waals surface area contributed by atoms with Crippen molar-refractivity contribution in [3.8, 4) is 0 Å². The van der Waals surface area contributed by atoms with Gasteiger partial charge < -0.3 is 10.0 Å². The van der Waals surface area contributed by atoms with Gasteiger partial charge in [0.1, 0.15) is 0 Å². The normalized spacial score (nSPS) is 10.3. The maximum absolute atomic E-state index is 11.1. The Hall–Kier alpha value is -2.50. The summed E-state index contributed by atoms with van der Waals surface area (Å²) in [5.41, 5.74) is 1.52. The summed E-state index contributed by atoms with van der Waals surface area (Å²) in [6.07, 6.45) is 1.73. The SMILES string of the molecule is CCN(Cc1ccccn1)c1nc(C)cc(C(=O)O)n1. The Bertz CT molecular complexity index is 601. The zero-order valence-electron chi connectivity index (χ0n) is 11.4. The van der Waals surface area contributed by atoms with Crippen molar-refractivity contribution in [2.24, 2.45) is 0 Å². The molecule has 0 bridgehead atoms. The van der Waals surface area contributed by atoms with Crippen molar-refractivity contribution < 1.29 is 9.90 Å². The Balaban J connectivity index is 2.29. The molecule has 0 aliphatic rings. The van der Waals surface area contributed by atoms with Crippen molar-refractivity contribution in [1.82, 2.24) is 15.0 Å². The van der Waals surface area contributed by atoms with E-state index in [4.69, 9.17) is 5.11 Å². The minimum atomic E-state index is -1.05. The molecule has 0 aromatic carbocycles. The highest BCUT2D eigenvalue weighted by atomic mass is 16.4. The number of hydrogen-bond donors (Lipinski definition) is 1. The number of carboxylic acids is 1. The molecule has 20 heavy (non-hydrogen) atoms. The molecule has 0 saturated carbocycles. The fourth-order valence-electron chi connectivity index (χ4n) is 1.81. The zero-order valence-corrected chi connectivity index (χ0v) is 11.4. The van der Waals surface area contributed by atoms with Gasteiger partial charge in [-0.1, -0.05) is 6.07 Å². The Morgan fingerprint density at radius 3 is 2.75 bits per heavy atom. The van der Waals surface area contributed by atoms with Crippen molar-refractivity contribution in [1.29, 1.82) is 0 Å². The first-order valence-electron chi connectivity index (χ1n) is 6.34. The number of carbonyl (C=O) groups is 1. The van der Waals surface area contributed by atoms with Crippen LogP contribution in [0.3, 0.4) is 0 Å². The van der Waals surface area contributed by atoms with Crippen LogP contribution in [-0.2, 0) is 6.54 Å². The molecule has 0 amide bonds. The predicted octanol–water partition coefficient (Wildman–Crippen LogP) is 1.90. The summed E-state index contributed by atoms with van der Waals surface area (Å²) in [5, 5.41) is 9.06. The summed E-state index contributed by atoms with van der Waals surface area (Å²) >= 11 is 0. The van der Waals surface area contributed by atoms with Gasteiger partial charge in [0.25, 0.3) is 0 Å². The average molecular weight is 272 g/mol. The Labute approximate surface area is 117 Å². The highest BCUT2D eigenvalue weighted by Gasteiger charge is 2.14. The number of aromatic nitrogens is 3. The fraction of sp³-hybridized carbons (Fsp3) is 0.286. The van der Waals surface area contributed by atoms with Crippen LogP contribution in [0.5, 0.6) is 0 Å². The molecular weight excluding hydrogens is 256 g/mol. The monoisotopic (exact) mass is 272 g/mol. The summed E-state index contributed by atoms with van der Waals surface area (Å²) in [6.45, 7) is 4.93. The van der Waals surface area contributed by atoms with Gasteiger partial charge in [0.05, 0.1) is 12.2 Å². The number of nitrogens with zero attached hydrogens (tertiary/aromatic N) is 4. The highest BCUT2D eigenvalue weighted by molar-refractivity contribution is 5.85. The molecule has 0 aliphatic carbocycles. The predicted molar refractivity (Wildman–Crippen MR) is 74.7 cm³/mol. The van der Waals surface area contributed by atoms with Gasteiger partial charge in [-0.05, 0) is 32.0 Å². The molecule has 0 radical (unpaired) electrons. The van der Waals surface area contributed by atoms with E-state index in [-0.39, 0.29) is 5.69 Å². The maximum Gasteiger partial charge on any atom is 0.354 e. The van der Waals surface area contributed by atoms with Crippen molar-refractivity contribution >= 4 is 11.9 Å². The molecule has 0 unspecified atom stereocenters. The summed E-state index contributed by atoms with van der Waals surface area (Å²) in [6, 6.07) is 7.14. The molecule has 6 nitrogen and oxygen atoms in total. The van der Waals surface area contributed by atoms with Crippen molar-refractivity contribution in [2.75, 3.05) is 11.4 Å². The number of carboxylic acid groups (broad SMARTS) is 1. The molecule has 2 rings (SSSR count). The Morgan fingerprint density at radius 1 is 1.35 bits per heavy atom. The third-order valence-electron chi connectivity index (χ3n) is 2.81. The Kier molecular flexibility index (Phi) is 4.24. The lowest BCUT2D eigenvalue weighted by Gasteiger charge is -2.20. The lowest BCUT2D eigenvalue weighted by atomic mass is 10.3. The van der Waals surface area contributed by atoms with E-state index in [1.54, 1.807) is 13.1 Å². The standard InChI is InChI=1S/C14H16N4O2/c1-3-18(9-11-6-4-5-7-15-11)14-16-10(2)8-12(17-14)13(19)20/h4-8H,3,9H2,1-2H3,(H,19,20). The van der Waals surface area contributed by atoms with Crippen LogP contribution in [0.4, 0.5) is 5.95 Å². The number of hydrogen-bond acceptors (Lipinski definition) is 5. The fourth-order valence-corrected chi connectivity index (χ4v) is 1.81. The zero-order chi connectivity index (χ0) is 14.5. The van der Waals surface area contributed by atoms with Gasteiger partial charge in [0, 0.05) is 18.4 Å². The highest BCUT2D eigenvalue weighted by Crippen LogP contribution is 2.13. The molecule has 1 N–H and O–H groups in total. The van der Waals surface area contributed by atoms with Gasteiger partial charge >= 0.3 is 5.97 Å². The van der Waals surface area contributed by atoms with E-state index in [1.165, 1.54) is 6.07 Å². The Morgan fingerprint density at radius 2 is 2.15 bits per heavy atom. The van der Waals surface area contributed by atoms with Crippen LogP contribution in [0.15, 0.2) is 30.5 Å². The van der Waals surface area contributed by atoms with Crippen LogP contribution in [0.25, 0.3) is 0 Å². The molecule has 0 spiro atoms. The van der Waals surface area contributed by atoms with E-state index in [2.05, 4.69) is 15.0 Å². The van der Waals surface area contributed by atoms with Crippen LogP contribution in [-0.4, -0.2) is 32.6 Å². The van der Waals surface area contributed by atoms with E-state index in [0.29, 0.717) is 24.7 Å². The van der Waals surface area contributed by atoms with Crippen molar-refractivity contribution in [3.63, 3.8) is 0 Å². The smallest absolute Gasteiger partial charge is 0.354 e. The molecule has 0 atom stereocenters. The average Bonchev–Trinajstić information content (AvgIpc) is 2.45. The molecule has 0 fully saturated rings. The first kappa shape index (κ1) is 13.9. The molecule has 2 aromatic heterocycles. The minimum absolute atomic E-state index is 0.00645. The first-order chi connectivity index (χ1) is 9.60. The van der Waals surface area contributed by atoms with Gasteiger partial charge in [-0.3, -0.25) is 4.98 Å². The second-order valence-electron chi connectivity index (χ2n) is 4.33. The third kappa shape index (κ3) is 3.28. The van der Waals surface area contributed by atoms with E-state index < -0.39 is 5.97 Å². The van der Waals surface area contributed by atoms with Gasteiger partial charge in [-0.25, -0.2) is 14.8 Å². The van der Waals surface area contributed by atoms with E-state index in [9.17, 15) is 4.79 Å². The lowest BCUT2D eigenvalue weighted by molar-refractivity contribution is 0.0690. The topological polar surface area (TPSA) is 79.2 Å². The number of rotatable bonds is 5. The maximum atomic E-state index is 11.1. The van der Waals surface area contributed by atoms with Crippen molar-refractivity contribution in [3.05, 3.63) is 47.5 Å². The third-order valence-corrected chi connectivity index (χ3v) is 2.81. The van der Waals surface area contributed by atoms with E-state index in [1.807, 2.05) is 30.0 Å². The summed E-state index contributed by atoms with van der Waals surface area (Å²) in [7, 11) is 0. The number of aryl methyl sites for hydroxylation is 1. The van der Waals surface area contributed by atoms with Gasteiger partial charge in [0.15, 0.2) is 5.69 Å². The van der Waals surface area contributed by atoms with Crippen LogP contribution in [0.1, 0.15) is 28.8 Å². The molecular formula is C14H16N4O2. The number of aromatic carboxylic acids is 1. The van der Waals surface area contributed by atoms with Crippen LogP contribution < -0.4 is 4.90 Å². The van der Waals surface area contributed by atoms with Crippen LogP contribution in [0, 0.1) is 6.92 Å². The quantitative estimate of drug-likeness (QED) is 0.895. The van der Waals surface area contributed by atoms with Gasteiger partial charge in [-0.2, -0.15) is 0 Å². The lowest BCUT2D eigenvalue weighted by Crippen LogP contribution is -2.25. The molecule has 2 heterocycles. The van der Waals surface area contributed by atoms with Gasteiger partial charge in [0.2, 0.25) is 5.95 Å². The molecule has 6 heteroatoms. The second-order valence-corrected chi connectivity index (χ2v) is 4.33. The molecule has 2 aromatic rings. The van der Waals surface area contributed by atoms with Crippen LogP contribution in [0.2, 0.25) is 0 Å². The second kappa shape index (κ2) is 6.10. The van der Waals surface area contributed by atoms with Crippen LogP contribution >= 0.6 is 0 Å². The van der Waals surface area contributed by atoms with Crippen molar-refractivity contribution in [2.45, 2.75) is 20.4 Å². The van der Waals surface area contributed by atoms with E-state index >= 15 is 0 Å². The molecule has 0 aliphatic heterocycles. The summed E-state index contributed by atoms with van der Waals surface area (Å²) in [5.74, 6) is -0.638. The molecule has 104 valence electrons. The largest absolute Gasteiger partial charge is 0.477 e. The number of anilines is 1. The summed E-state index contributed by atoms with van der Waals surface area (Å²) < 4.78 is 0. The molecule has 0 saturated heterocycles.